The lowest BCUT2D eigenvalue weighted by Crippen LogP contribution is -2.33. The molecule has 0 fully saturated rings. The Bertz CT molecular complexity index is 1150. The number of amides is 1. The van der Waals surface area contributed by atoms with Crippen molar-refractivity contribution >= 4 is 5.91 Å². The number of nitrogens with zero attached hydrogens (tertiary/aromatic N) is 4. The smallest absolute Gasteiger partial charge is 0.269 e. The van der Waals surface area contributed by atoms with Crippen LogP contribution in [0.5, 0.6) is 0 Å². The van der Waals surface area contributed by atoms with Crippen molar-refractivity contribution in [3.63, 3.8) is 0 Å². The normalized spacial score (nSPS) is 12.8. The molecular weight excluding hydrogens is 380 g/mol. The number of carbonyl (C=O) groups excluding carboxylic acids is 1. The first-order chi connectivity index (χ1) is 13.9. The van der Waals surface area contributed by atoms with Gasteiger partial charge in [0.25, 0.3) is 11.5 Å². The SMILES string of the molecule is Cn1nc(-c2ccc(F)cc2F)cc1C(=O)NCCn1nc2c(cc1=O)CCC2. The van der Waals surface area contributed by atoms with Gasteiger partial charge < -0.3 is 5.32 Å². The molecule has 150 valence electrons. The van der Waals surface area contributed by atoms with Crippen LogP contribution in [-0.2, 0) is 26.4 Å². The summed E-state index contributed by atoms with van der Waals surface area (Å²) in [5.41, 5.74) is 2.31. The largest absolute Gasteiger partial charge is 0.349 e. The Kier molecular flexibility index (Phi) is 4.96. The van der Waals surface area contributed by atoms with Crippen LogP contribution in [0.25, 0.3) is 11.3 Å². The Hall–Kier alpha value is -3.36. The molecule has 3 aromatic rings. The van der Waals surface area contributed by atoms with E-state index in [1.165, 1.54) is 21.5 Å². The average molecular weight is 399 g/mol. The molecule has 7 nitrogen and oxygen atoms in total. The van der Waals surface area contributed by atoms with Crippen LogP contribution in [0.1, 0.15) is 28.2 Å². The molecule has 1 aliphatic rings. The Morgan fingerprint density at radius 3 is 2.79 bits per heavy atom. The summed E-state index contributed by atoms with van der Waals surface area (Å²) in [5.74, 6) is -1.85. The zero-order valence-corrected chi connectivity index (χ0v) is 15.8. The van der Waals surface area contributed by atoms with Gasteiger partial charge in [-0.3, -0.25) is 14.3 Å². The Morgan fingerprint density at radius 1 is 1.17 bits per heavy atom. The average Bonchev–Trinajstić information content (AvgIpc) is 3.27. The van der Waals surface area contributed by atoms with Crippen LogP contribution in [0.3, 0.4) is 0 Å². The highest BCUT2D eigenvalue weighted by Gasteiger charge is 2.17. The van der Waals surface area contributed by atoms with Gasteiger partial charge in [0.15, 0.2) is 0 Å². The van der Waals surface area contributed by atoms with E-state index < -0.39 is 17.5 Å². The Labute approximate surface area is 165 Å². The molecule has 9 heteroatoms. The number of fused-ring (bicyclic) bond motifs is 1. The molecule has 0 radical (unpaired) electrons. The molecule has 0 saturated carbocycles. The van der Waals surface area contributed by atoms with Gasteiger partial charge in [-0.15, -0.1) is 0 Å². The summed E-state index contributed by atoms with van der Waals surface area (Å²) in [5, 5.41) is 11.2. The van der Waals surface area contributed by atoms with Crippen LogP contribution >= 0.6 is 0 Å². The highest BCUT2D eigenvalue weighted by atomic mass is 19.1. The van der Waals surface area contributed by atoms with E-state index in [1.54, 1.807) is 13.1 Å². The molecule has 0 spiro atoms. The minimum absolute atomic E-state index is 0.106. The molecule has 2 aromatic heterocycles. The van der Waals surface area contributed by atoms with Gasteiger partial charge >= 0.3 is 0 Å². The van der Waals surface area contributed by atoms with Gasteiger partial charge in [0.05, 0.1) is 17.9 Å². The van der Waals surface area contributed by atoms with E-state index in [2.05, 4.69) is 15.5 Å². The molecule has 1 aliphatic carbocycles. The van der Waals surface area contributed by atoms with Crippen molar-refractivity contribution in [2.45, 2.75) is 25.8 Å². The van der Waals surface area contributed by atoms with Gasteiger partial charge in [-0.25, -0.2) is 13.5 Å². The third-order valence-corrected chi connectivity index (χ3v) is 4.95. The fourth-order valence-electron chi connectivity index (χ4n) is 3.47. The van der Waals surface area contributed by atoms with E-state index in [1.807, 2.05) is 0 Å². The van der Waals surface area contributed by atoms with Gasteiger partial charge in [-0.1, -0.05) is 0 Å². The third-order valence-electron chi connectivity index (χ3n) is 4.95. The number of carbonyl (C=O) groups is 1. The van der Waals surface area contributed by atoms with E-state index in [0.717, 1.165) is 42.7 Å². The molecule has 1 amide bonds. The summed E-state index contributed by atoms with van der Waals surface area (Å²) in [6.45, 7) is 0.450. The molecule has 0 unspecified atom stereocenters. The summed E-state index contributed by atoms with van der Waals surface area (Å²) in [7, 11) is 1.56. The second kappa shape index (κ2) is 7.57. The van der Waals surface area contributed by atoms with Crippen molar-refractivity contribution < 1.29 is 13.6 Å². The summed E-state index contributed by atoms with van der Waals surface area (Å²) < 4.78 is 29.8. The van der Waals surface area contributed by atoms with Crippen LogP contribution in [0.2, 0.25) is 0 Å². The number of aryl methyl sites for hydroxylation is 3. The van der Waals surface area contributed by atoms with Crippen LogP contribution in [0.15, 0.2) is 35.1 Å². The molecule has 0 aliphatic heterocycles. The van der Waals surface area contributed by atoms with Crippen LogP contribution in [0, 0.1) is 11.6 Å². The zero-order valence-electron chi connectivity index (χ0n) is 15.8. The minimum atomic E-state index is -0.753. The molecule has 29 heavy (non-hydrogen) atoms. The van der Waals surface area contributed by atoms with Gasteiger partial charge in [-0.05, 0) is 43.0 Å². The molecule has 1 N–H and O–H groups in total. The van der Waals surface area contributed by atoms with Crippen molar-refractivity contribution in [3.05, 3.63) is 69.3 Å². The molecule has 0 bridgehead atoms. The first kappa shape index (κ1) is 19.0. The monoisotopic (exact) mass is 399 g/mol. The van der Waals surface area contributed by atoms with Gasteiger partial charge in [0, 0.05) is 31.3 Å². The number of hydrogen-bond acceptors (Lipinski definition) is 4. The van der Waals surface area contributed by atoms with E-state index in [4.69, 9.17) is 0 Å². The molecule has 2 heterocycles. The maximum atomic E-state index is 14.0. The Morgan fingerprint density at radius 2 is 2.00 bits per heavy atom. The predicted molar refractivity (Wildman–Crippen MR) is 101 cm³/mol. The van der Waals surface area contributed by atoms with E-state index >= 15 is 0 Å². The number of hydrogen-bond donors (Lipinski definition) is 1. The second-order valence-corrected chi connectivity index (χ2v) is 6.95. The van der Waals surface area contributed by atoms with Crippen LogP contribution < -0.4 is 10.9 Å². The van der Waals surface area contributed by atoms with Crippen molar-refractivity contribution in [2.24, 2.45) is 7.05 Å². The fraction of sp³-hybridized carbons (Fsp3) is 0.300. The number of rotatable bonds is 5. The first-order valence-corrected chi connectivity index (χ1v) is 9.30. The van der Waals surface area contributed by atoms with Crippen molar-refractivity contribution in [1.29, 1.82) is 0 Å². The number of benzene rings is 1. The standard InChI is InChI=1S/C20H19F2N5O2/c1-26-18(11-17(24-26)14-6-5-13(21)10-15(14)22)20(29)23-7-8-27-19(28)9-12-3-2-4-16(12)25-27/h5-6,9-11H,2-4,7-8H2,1H3,(H,23,29). The summed E-state index contributed by atoms with van der Waals surface area (Å²) in [4.78, 5) is 24.6. The van der Waals surface area contributed by atoms with Gasteiger partial charge in [-0.2, -0.15) is 10.2 Å². The fourth-order valence-corrected chi connectivity index (χ4v) is 3.47. The lowest BCUT2D eigenvalue weighted by Gasteiger charge is -2.08. The minimum Gasteiger partial charge on any atom is -0.349 e. The maximum absolute atomic E-state index is 14.0. The van der Waals surface area contributed by atoms with Crippen molar-refractivity contribution in [2.75, 3.05) is 6.54 Å². The number of aromatic nitrogens is 4. The molecule has 0 saturated heterocycles. The summed E-state index contributed by atoms with van der Waals surface area (Å²) in [6.07, 6.45) is 2.74. The summed E-state index contributed by atoms with van der Waals surface area (Å²) in [6, 6.07) is 6.23. The molecule has 4 rings (SSSR count). The van der Waals surface area contributed by atoms with E-state index in [-0.39, 0.29) is 35.6 Å². The molecule has 0 atom stereocenters. The van der Waals surface area contributed by atoms with Gasteiger partial charge in [0.1, 0.15) is 17.3 Å². The van der Waals surface area contributed by atoms with Crippen molar-refractivity contribution in [3.8, 4) is 11.3 Å². The van der Waals surface area contributed by atoms with Gasteiger partial charge in [0.2, 0.25) is 0 Å². The number of halogens is 2. The highest BCUT2D eigenvalue weighted by molar-refractivity contribution is 5.93. The van der Waals surface area contributed by atoms with E-state index in [9.17, 15) is 18.4 Å². The first-order valence-electron chi connectivity index (χ1n) is 9.30. The Balaban J connectivity index is 1.44. The lowest BCUT2D eigenvalue weighted by molar-refractivity contribution is 0.0942. The lowest BCUT2D eigenvalue weighted by atomic mass is 10.1. The van der Waals surface area contributed by atoms with Crippen LogP contribution in [-0.4, -0.2) is 32.0 Å². The van der Waals surface area contributed by atoms with Crippen LogP contribution in [0.4, 0.5) is 8.78 Å². The highest BCUT2D eigenvalue weighted by Crippen LogP contribution is 2.23. The number of nitrogens with one attached hydrogen (secondary N) is 1. The zero-order chi connectivity index (χ0) is 20.5. The maximum Gasteiger partial charge on any atom is 0.269 e. The van der Waals surface area contributed by atoms with E-state index in [0.29, 0.717) is 0 Å². The third kappa shape index (κ3) is 3.80. The summed E-state index contributed by atoms with van der Waals surface area (Å²) >= 11 is 0. The quantitative estimate of drug-likeness (QED) is 0.710. The topological polar surface area (TPSA) is 81.8 Å². The molecule has 1 aromatic carbocycles. The second-order valence-electron chi connectivity index (χ2n) is 6.95. The predicted octanol–water partition coefficient (Wildman–Crippen LogP) is 1.84. The van der Waals surface area contributed by atoms with Crippen molar-refractivity contribution in [1.82, 2.24) is 24.9 Å². The molecular formula is C20H19F2N5O2.